The topological polar surface area (TPSA) is 97.2 Å². The minimum absolute atomic E-state index is 0.0467. The van der Waals surface area contributed by atoms with Crippen LogP contribution in [0, 0.1) is 22.0 Å². The van der Waals surface area contributed by atoms with Gasteiger partial charge in [-0.05, 0) is 24.7 Å². The van der Waals surface area contributed by atoms with E-state index in [2.05, 4.69) is 22.5 Å². The number of nitrogens with one attached hydrogen (secondary N) is 2. The predicted molar refractivity (Wildman–Crippen MR) is 79.3 cm³/mol. The lowest BCUT2D eigenvalue weighted by molar-refractivity contribution is -0.385. The van der Waals surface area contributed by atoms with E-state index < -0.39 is 10.8 Å². The molecule has 21 heavy (non-hydrogen) atoms. The van der Waals surface area contributed by atoms with Crippen molar-refractivity contribution in [1.82, 2.24) is 10.3 Å². The largest absolute Gasteiger partial charge is 0.373 e. The summed E-state index contributed by atoms with van der Waals surface area (Å²) in [6, 6.07) is 1.41. The molecule has 2 rings (SSSR count). The zero-order valence-corrected chi connectivity index (χ0v) is 12.3. The Kier molecular flexibility index (Phi) is 4.72. The number of rotatable bonds is 5. The van der Waals surface area contributed by atoms with Gasteiger partial charge in [0.25, 0.3) is 11.6 Å². The number of carbonyl (C=O) groups excluding carboxylic acids is 1. The Balaban J connectivity index is 2.08. The number of amides is 1. The quantitative estimate of drug-likeness (QED) is 0.640. The number of hydrogen-bond donors (Lipinski definition) is 2. The van der Waals surface area contributed by atoms with Gasteiger partial charge in [-0.3, -0.25) is 14.9 Å². The van der Waals surface area contributed by atoms with Crippen LogP contribution in [0.15, 0.2) is 12.3 Å². The van der Waals surface area contributed by atoms with Crippen molar-refractivity contribution in [3.8, 4) is 0 Å². The van der Waals surface area contributed by atoms with Gasteiger partial charge in [0.15, 0.2) is 0 Å². The first-order valence-corrected chi connectivity index (χ1v) is 7.11. The Morgan fingerprint density at radius 1 is 1.52 bits per heavy atom. The number of anilines is 1. The summed E-state index contributed by atoms with van der Waals surface area (Å²) in [6.45, 7) is 2.77. The summed E-state index contributed by atoms with van der Waals surface area (Å²) >= 11 is 0. The van der Waals surface area contributed by atoms with E-state index in [9.17, 15) is 14.9 Å². The molecule has 1 aliphatic rings. The standard InChI is InChI=1S/C14H20N4O3/c1-9-3-4-10(5-9)7-17-14(19)11-6-13(15-2)16-8-12(11)18(20)21/h6,8-10H,3-5,7H2,1-2H3,(H,15,16)(H,17,19). The molecule has 7 nitrogen and oxygen atoms in total. The molecule has 1 saturated carbocycles. The SMILES string of the molecule is CNc1cc(C(=O)NCC2CCC(C)C2)c([N+](=O)[O-])cn1. The highest BCUT2D eigenvalue weighted by Gasteiger charge is 2.24. The van der Waals surface area contributed by atoms with Gasteiger partial charge in [-0.25, -0.2) is 4.98 Å². The van der Waals surface area contributed by atoms with Crippen LogP contribution < -0.4 is 10.6 Å². The van der Waals surface area contributed by atoms with E-state index in [-0.39, 0.29) is 11.3 Å². The fraction of sp³-hybridized carbons (Fsp3) is 0.571. The molecule has 2 atom stereocenters. The molecule has 1 heterocycles. The van der Waals surface area contributed by atoms with E-state index in [0.717, 1.165) is 19.0 Å². The summed E-state index contributed by atoms with van der Waals surface area (Å²) in [5, 5.41) is 16.6. The second-order valence-electron chi connectivity index (χ2n) is 5.59. The molecule has 1 aliphatic carbocycles. The van der Waals surface area contributed by atoms with Crippen molar-refractivity contribution in [3.63, 3.8) is 0 Å². The first kappa shape index (κ1) is 15.2. The van der Waals surface area contributed by atoms with Crippen LogP contribution in [0.5, 0.6) is 0 Å². The minimum atomic E-state index is -0.584. The molecule has 1 aromatic heterocycles. The van der Waals surface area contributed by atoms with E-state index in [0.29, 0.717) is 24.2 Å². The number of aromatic nitrogens is 1. The summed E-state index contributed by atoms with van der Waals surface area (Å²) in [7, 11) is 1.65. The monoisotopic (exact) mass is 292 g/mol. The predicted octanol–water partition coefficient (Wildman–Crippen LogP) is 2.20. The molecule has 1 amide bonds. The molecule has 0 aliphatic heterocycles. The van der Waals surface area contributed by atoms with Gasteiger partial charge in [0.2, 0.25) is 0 Å². The molecule has 1 aromatic rings. The Morgan fingerprint density at radius 2 is 2.29 bits per heavy atom. The molecule has 0 aromatic carbocycles. The van der Waals surface area contributed by atoms with Crippen LogP contribution in [0.1, 0.15) is 36.5 Å². The first-order valence-electron chi connectivity index (χ1n) is 7.11. The van der Waals surface area contributed by atoms with Crippen LogP contribution in [0.2, 0.25) is 0 Å². The maximum absolute atomic E-state index is 12.2. The van der Waals surface area contributed by atoms with Gasteiger partial charge in [0, 0.05) is 19.7 Å². The third-order valence-electron chi connectivity index (χ3n) is 3.94. The molecular weight excluding hydrogens is 272 g/mol. The zero-order valence-electron chi connectivity index (χ0n) is 12.3. The van der Waals surface area contributed by atoms with Crippen LogP contribution in [0.25, 0.3) is 0 Å². The average molecular weight is 292 g/mol. The molecule has 0 bridgehead atoms. The van der Waals surface area contributed by atoms with Crippen molar-refractivity contribution in [2.45, 2.75) is 26.2 Å². The maximum atomic E-state index is 12.2. The highest BCUT2D eigenvalue weighted by Crippen LogP contribution is 2.29. The van der Waals surface area contributed by atoms with E-state index in [1.54, 1.807) is 7.05 Å². The van der Waals surface area contributed by atoms with Crippen LogP contribution in [-0.2, 0) is 0 Å². The Bertz CT molecular complexity index is 547. The van der Waals surface area contributed by atoms with Gasteiger partial charge in [0.1, 0.15) is 17.6 Å². The van der Waals surface area contributed by atoms with Gasteiger partial charge < -0.3 is 10.6 Å². The molecule has 0 spiro atoms. The van der Waals surface area contributed by atoms with Crippen LogP contribution >= 0.6 is 0 Å². The first-order chi connectivity index (χ1) is 10.0. The minimum Gasteiger partial charge on any atom is -0.373 e. The molecule has 7 heteroatoms. The molecule has 2 unspecified atom stereocenters. The Hall–Kier alpha value is -2.18. The molecule has 0 saturated heterocycles. The van der Waals surface area contributed by atoms with Gasteiger partial charge in [-0.1, -0.05) is 13.3 Å². The number of hydrogen-bond acceptors (Lipinski definition) is 5. The van der Waals surface area contributed by atoms with Gasteiger partial charge >= 0.3 is 0 Å². The van der Waals surface area contributed by atoms with E-state index in [1.165, 1.54) is 12.5 Å². The van der Waals surface area contributed by atoms with Crippen molar-refractivity contribution >= 4 is 17.4 Å². The summed E-state index contributed by atoms with van der Waals surface area (Å²) < 4.78 is 0. The van der Waals surface area contributed by atoms with Crippen LogP contribution in [-0.4, -0.2) is 29.4 Å². The Morgan fingerprint density at radius 3 is 2.86 bits per heavy atom. The summed E-state index contributed by atoms with van der Waals surface area (Å²) in [5.41, 5.74) is -0.225. The van der Waals surface area contributed by atoms with Crippen molar-refractivity contribution in [2.75, 3.05) is 18.9 Å². The molecule has 2 N–H and O–H groups in total. The van der Waals surface area contributed by atoms with Gasteiger partial charge in [-0.2, -0.15) is 0 Å². The fourth-order valence-corrected chi connectivity index (χ4v) is 2.75. The number of nitrogens with zero attached hydrogens (tertiary/aromatic N) is 2. The average Bonchev–Trinajstić information content (AvgIpc) is 2.89. The lowest BCUT2D eigenvalue weighted by atomic mass is 10.1. The number of carbonyl (C=O) groups is 1. The van der Waals surface area contributed by atoms with Crippen molar-refractivity contribution in [3.05, 3.63) is 27.9 Å². The van der Waals surface area contributed by atoms with Crippen LogP contribution in [0.4, 0.5) is 11.5 Å². The van der Waals surface area contributed by atoms with Gasteiger partial charge in [0.05, 0.1) is 4.92 Å². The zero-order chi connectivity index (χ0) is 15.4. The van der Waals surface area contributed by atoms with Crippen molar-refractivity contribution in [2.24, 2.45) is 11.8 Å². The highest BCUT2D eigenvalue weighted by molar-refractivity contribution is 5.98. The molecule has 1 fully saturated rings. The highest BCUT2D eigenvalue weighted by atomic mass is 16.6. The van der Waals surface area contributed by atoms with Crippen LogP contribution in [0.3, 0.4) is 0 Å². The normalized spacial score (nSPS) is 21.0. The lowest BCUT2D eigenvalue weighted by Gasteiger charge is -2.11. The van der Waals surface area contributed by atoms with Gasteiger partial charge in [-0.15, -0.1) is 0 Å². The number of pyridine rings is 1. The second kappa shape index (κ2) is 6.51. The second-order valence-corrected chi connectivity index (χ2v) is 5.59. The van der Waals surface area contributed by atoms with E-state index in [4.69, 9.17) is 0 Å². The van der Waals surface area contributed by atoms with Crippen molar-refractivity contribution < 1.29 is 9.72 Å². The molecular formula is C14H20N4O3. The summed E-state index contributed by atoms with van der Waals surface area (Å²) in [6.07, 6.45) is 4.49. The summed E-state index contributed by atoms with van der Waals surface area (Å²) in [4.78, 5) is 26.5. The third kappa shape index (κ3) is 3.68. The Labute approximate surface area is 123 Å². The molecule has 114 valence electrons. The smallest absolute Gasteiger partial charge is 0.300 e. The lowest BCUT2D eigenvalue weighted by Crippen LogP contribution is -2.29. The third-order valence-corrected chi connectivity index (χ3v) is 3.94. The van der Waals surface area contributed by atoms with E-state index >= 15 is 0 Å². The summed E-state index contributed by atoms with van der Waals surface area (Å²) in [5.74, 6) is 1.17. The fourth-order valence-electron chi connectivity index (χ4n) is 2.75. The van der Waals surface area contributed by atoms with E-state index in [1.807, 2.05) is 0 Å². The molecule has 0 radical (unpaired) electrons. The maximum Gasteiger partial charge on any atom is 0.300 e. The number of nitro groups is 1. The van der Waals surface area contributed by atoms with Crippen molar-refractivity contribution in [1.29, 1.82) is 0 Å².